The van der Waals surface area contributed by atoms with Crippen molar-refractivity contribution in [1.29, 1.82) is 0 Å². The van der Waals surface area contributed by atoms with E-state index < -0.39 is 6.09 Å². The largest absolute Gasteiger partial charge is 0.465 e. The minimum absolute atomic E-state index is 0.377. The Bertz CT molecular complexity index is 533. The molecule has 1 amide bonds. The second kappa shape index (κ2) is 3.84. The summed E-state index contributed by atoms with van der Waals surface area (Å²) in [7, 11) is 3.48. The average molecular weight is 219 g/mol. The van der Waals surface area contributed by atoms with Gasteiger partial charge in [-0.15, -0.1) is 0 Å². The number of nitrogens with zero attached hydrogens (tertiary/aromatic N) is 3. The van der Waals surface area contributed by atoms with E-state index in [-0.39, 0.29) is 0 Å². The third-order valence-electron chi connectivity index (χ3n) is 2.54. The fraction of sp³-hybridized carbons (Fsp3) is 0.273. The van der Waals surface area contributed by atoms with Gasteiger partial charge in [0, 0.05) is 20.6 Å². The van der Waals surface area contributed by atoms with Crippen molar-refractivity contribution in [2.75, 3.05) is 7.05 Å². The highest BCUT2D eigenvalue weighted by Gasteiger charge is 2.07. The number of benzene rings is 1. The van der Waals surface area contributed by atoms with Crippen LogP contribution in [0, 0.1) is 0 Å². The summed E-state index contributed by atoms with van der Waals surface area (Å²) in [4.78, 5) is 16.1. The molecule has 0 atom stereocenters. The maximum absolute atomic E-state index is 10.7. The summed E-state index contributed by atoms with van der Waals surface area (Å²) >= 11 is 0. The zero-order valence-corrected chi connectivity index (χ0v) is 9.21. The number of carboxylic acid groups (broad SMARTS) is 1. The summed E-state index contributed by atoms with van der Waals surface area (Å²) in [6, 6.07) is 5.78. The lowest BCUT2D eigenvalue weighted by atomic mass is 10.2. The minimum Gasteiger partial charge on any atom is -0.465 e. The molecule has 84 valence electrons. The zero-order valence-electron chi connectivity index (χ0n) is 9.21. The molecule has 0 saturated heterocycles. The lowest BCUT2D eigenvalue weighted by molar-refractivity contribution is 0.154. The van der Waals surface area contributed by atoms with Gasteiger partial charge in [-0.3, -0.25) is 0 Å². The molecule has 16 heavy (non-hydrogen) atoms. The molecule has 0 fully saturated rings. The maximum Gasteiger partial charge on any atom is 0.407 e. The van der Waals surface area contributed by atoms with E-state index in [0.717, 1.165) is 16.6 Å². The minimum atomic E-state index is -0.930. The third kappa shape index (κ3) is 1.84. The van der Waals surface area contributed by atoms with E-state index in [1.807, 2.05) is 29.8 Å². The molecule has 0 bridgehead atoms. The summed E-state index contributed by atoms with van der Waals surface area (Å²) in [6.45, 7) is 0.377. The number of imidazole rings is 1. The molecule has 0 aliphatic rings. The van der Waals surface area contributed by atoms with Gasteiger partial charge in [-0.25, -0.2) is 9.78 Å². The quantitative estimate of drug-likeness (QED) is 0.836. The Hall–Kier alpha value is -2.04. The molecule has 1 heterocycles. The molecular formula is C11H13N3O2. The van der Waals surface area contributed by atoms with Crippen LogP contribution in [0.2, 0.25) is 0 Å². The third-order valence-corrected chi connectivity index (χ3v) is 2.54. The van der Waals surface area contributed by atoms with Gasteiger partial charge in [0.05, 0.1) is 17.4 Å². The van der Waals surface area contributed by atoms with Crippen molar-refractivity contribution in [2.24, 2.45) is 7.05 Å². The summed E-state index contributed by atoms with van der Waals surface area (Å²) in [6.07, 6.45) is 0.816. The van der Waals surface area contributed by atoms with E-state index in [2.05, 4.69) is 4.98 Å². The van der Waals surface area contributed by atoms with Gasteiger partial charge in [-0.1, -0.05) is 6.07 Å². The van der Waals surface area contributed by atoms with Crippen LogP contribution in [0.5, 0.6) is 0 Å². The van der Waals surface area contributed by atoms with E-state index in [0.29, 0.717) is 6.54 Å². The Kier molecular flexibility index (Phi) is 2.52. The number of rotatable bonds is 2. The van der Waals surface area contributed by atoms with Crippen LogP contribution in [-0.2, 0) is 13.6 Å². The van der Waals surface area contributed by atoms with Crippen molar-refractivity contribution < 1.29 is 9.90 Å². The first kappa shape index (κ1) is 10.5. The normalized spacial score (nSPS) is 10.6. The Labute approximate surface area is 92.9 Å². The SMILES string of the molecule is CN(Cc1ccc2c(c1)ncn2C)C(=O)O. The highest BCUT2D eigenvalue weighted by Crippen LogP contribution is 2.14. The first-order chi connectivity index (χ1) is 7.58. The van der Waals surface area contributed by atoms with Gasteiger partial charge < -0.3 is 14.6 Å². The van der Waals surface area contributed by atoms with E-state index in [4.69, 9.17) is 5.11 Å². The van der Waals surface area contributed by atoms with E-state index in [1.165, 1.54) is 4.90 Å². The van der Waals surface area contributed by atoms with Crippen molar-refractivity contribution in [2.45, 2.75) is 6.54 Å². The van der Waals surface area contributed by atoms with Crippen LogP contribution in [0.25, 0.3) is 11.0 Å². The zero-order chi connectivity index (χ0) is 11.7. The standard InChI is InChI=1S/C11H13N3O2/c1-13(11(15)16)6-8-3-4-10-9(5-8)12-7-14(10)2/h3-5,7H,6H2,1-2H3,(H,15,16). The lowest BCUT2D eigenvalue weighted by Crippen LogP contribution is -2.23. The Morgan fingerprint density at radius 2 is 2.31 bits per heavy atom. The highest BCUT2D eigenvalue weighted by atomic mass is 16.4. The average Bonchev–Trinajstić information content (AvgIpc) is 2.60. The molecule has 0 radical (unpaired) electrons. The molecular weight excluding hydrogens is 206 g/mol. The van der Waals surface area contributed by atoms with Gasteiger partial charge >= 0.3 is 6.09 Å². The summed E-state index contributed by atoms with van der Waals surface area (Å²) < 4.78 is 1.93. The molecule has 5 nitrogen and oxygen atoms in total. The number of aryl methyl sites for hydroxylation is 1. The van der Waals surface area contributed by atoms with Crippen LogP contribution in [0.4, 0.5) is 4.79 Å². The van der Waals surface area contributed by atoms with Crippen molar-refractivity contribution in [3.8, 4) is 0 Å². The van der Waals surface area contributed by atoms with Crippen molar-refractivity contribution >= 4 is 17.1 Å². The molecule has 1 N–H and O–H groups in total. The molecule has 1 aromatic carbocycles. The molecule has 0 spiro atoms. The molecule has 2 aromatic rings. The molecule has 1 aromatic heterocycles. The van der Waals surface area contributed by atoms with Gasteiger partial charge in [-0.2, -0.15) is 0 Å². The number of aromatic nitrogens is 2. The maximum atomic E-state index is 10.7. The van der Waals surface area contributed by atoms with E-state index in [9.17, 15) is 4.79 Å². The van der Waals surface area contributed by atoms with Crippen LogP contribution < -0.4 is 0 Å². The number of carbonyl (C=O) groups is 1. The molecule has 0 aliphatic heterocycles. The predicted molar refractivity (Wildman–Crippen MR) is 60.2 cm³/mol. The second-order valence-corrected chi connectivity index (χ2v) is 3.82. The van der Waals surface area contributed by atoms with Crippen molar-refractivity contribution in [1.82, 2.24) is 14.5 Å². The monoisotopic (exact) mass is 219 g/mol. The van der Waals surface area contributed by atoms with Crippen molar-refractivity contribution in [3.63, 3.8) is 0 Å². The predicted octanol–water partition coefficient (Wildman–Crippen LogP) is 1.68. The molecule has 0 aliphatic carbocycles. The van der Waals surface area contributed by atoms with E-state index >= 15 is 0 Å². The number of fused-ring (bicyclic) bond motifs is 1. The number of hydrogen-bond acceptors (Lipinski definition) is 2. The topological polar surface area (TPSA) is 58.4 Å². The first-order valence-corrected chi connectivity index (χ1v) is 4.92. The summed E-state index contributed by atoms with van der Waals surface area (Å²) in [5.74, 6) is 0. The van der Waals surface area contributed by atoms with Gasteiger partial charge in [0.25, 0.3) is 0 Å². The Morgan fingerprint density at radius 1 is 1.56 bits per heavy atom. The van der Waals surface area contributed by atoms with Crippen molar-refractivity contribution in [3.05, 3.63) is 30.1 Å². The fourth-order valence-electron chi connectivity index (χ4n) is 1.62. The van der Waals surface area contributed by atoms with Crippen LogP contribution in [0.15, 0.2) is 24.5 Å². The highest BCUT2D eigenvalue weighted by molar-refractivity contribution is 5.76. The van der Waals surface area contributed by atoms with Gasteiger partial charge in [-0.05, 0) is 17.7 Å². The van der Waals surface area contributed by atoms with Gasteiger partial charge in [0.15, 0.2) is 0 Å². The van der Waals surface area contributed by atoms with Crippen LogP contribution in [-0.4, -0.2) is 32.7 Å². The van der Waals surface area contributed by atoms with Crippen LogP contribution in [0.3, 0.4) is 0 Å². The van der Waals surface area contributed by atoms with Gasteiger partial charge in [0.2, 0.25) is 0 Å². The van der Waals surface area contributed by atoms with E-state index in [1.54, 1.807) is 13.4 Å². The molecule has 0 unspecified atom stereocenters. The van der Waals surface area contributed by atoms with Crippen LogP contribution >= 0.6 is 0 Å². The smallest absolute Gasteiger partial charge is 0.407 e. The lowest BCUT2D eigenvalue weighted by Gasteiger charge is -2.12. The van der Waals surface area contributed by atoms with Crippen LogP contribution in [0.1, 0.15) is 5.56 Å². The first-order valence-electron chi connectivity index (χ1n) is 4.92. The summed E-state index contributed by atoms with van der Waals surface area (Å²) in [5, 5.41) is 8.77. The second-order valence-electron chi connectivity index (χ2n) is 3.82. The van der Waals surface area contributed by atoms with Gasteiger partial charge in [0.1, 0.15) is 0 Å². The molecule has 0 saturated carbocycles. The summed E-state index contributed by atoms with van der Waals surface area (Å²) in [5.41, 5.74) is 2.87. The number of hydrogen-bond donors (Lipinski definition) is 1. The Morgan fingerprint density at radius 3 is 3.00 bits per heavy atom. The molecule has 2 rings (SSSR count). The molecule has 5 heteroatoms. The number of amides is 1. The Balaban J connectivity index is 2.29. The fourth-order valence-corrected chi connectivity index (χ4v) is 1.62.